The van der Waals surface area contributed by atoms with Gasteiger partial charge in [0.25, 0.3) is 0 Å². The third-order valence-electron chi connectivity index (χ3n) is 3.26. The second-order valence-corrected chi connectivity index (χ2v) is 5.26. The van der Waals surface area contributed by atoms with Crippen LogP contribution in [0.4, 0.5) is 0 Å². The Kier molecular flexibility index (Phi) is 7.73. The maximum absolute atomic E-state index is 5.43. The Morgan fingerprint density at radius 3 is 1.62 bits per heavy atom. The van der Waals surface area contributed by atoms with Crippen LogP contribution in [0, 0.1) is 0 Å². The van der Waals surface area contributed by atoms with E-state index in [2.05, 4.69) is 20.0 Å². The van der Waals surface area contributed by atoms with Crippen LogP contribution in [0.2, 0.25) is 0 Å². The number of hydrogen-bond acceptors (Lipinski definition) is 6. The molecule has 0 bridgehead atoms. The van der Waals surface area contributed by atoms with Crippen LogP contribution in [0.25, 0.3) is 0 Å². The van der Waals surface area contributed by atoms with E-state index in [0.717, 1.165) is 35.6 Å². The predicted octanol–water partition coefficient (Wildman–Crippen LogP) is 1.02. The Morgan fingerprint density at radius 2 is 1.21 bits per heavy atom. The van der Waals surface area contributed by atoms with Crippen molar-refractivity contribution in [3.8, 4) is 0 Å². The van der Waals surface area contributed by atoms with E-state index in [1.807, 2.05) is 36.4 Å². The number of nitrogens with two attached hydrogens (primary N) is 2. The van der Waals surface area contributed by atoms with Crippen molar-refractivity contribution in [3.63, 3.8) is 0 Å². The summed E-state index contributed by atoms with van der Waals surface area (Å²) in [6.45, 7) is 2.34. The van der Waals surface area contributed by atoms with Gasteiger partial charge in [0.2, 0.25) is 0 Å². The molecule has 0 aliphatic heterocycles. The van der Waals surface area contributed by atoms with E-state index in [-0.39, 0.29) is 0 Å². The lowest BCUT2D eigenvalue weighted by Gasteiger charge is -2.03. The molecule has 2 aromatic heterocycles. The molecule has 0 radical (unpaired) electrons. The highest BCUT2D eigenvalue weighted by Crippen LogP contribution is 2.05. The molecule has 0 amide bonds. The number of aryl methyl sites for hydroxylation is 2. The molecule has 2 rings (SSSR count). The first-order chi connectivity index (χ1) is 11.8. The van der Waals surface area contributed by atoms with Gasteiger partial charge in [-0.3, -0.25) is 20.0 Å². The van der Waals surface area contributed by atoms with Crippen LogP contribution in [-0.4, -0.2) is 48.6 Å². The summed E-state index contributed by atoms with van der Waals surface area (Å²) in [5.74, 6) is 0. The van der Waals surface area contributed by atoms with Crippen molar-refractivity contribution in [1.82, 2.24) is 9.97 Å². The van der Waals surface area contributed by atoms with Gasteiger partial charge >= 0.3 is 0 Å². The Balaban J connectivity index is 1.95. The zero-order valence-corrected chi connectivity index (χ0v) is 13.8. The number of hydrogen-bond donors (Lipinski definition) is 2. The van der Waals surface area contributed by atoms with Crippen molar-refractivity contribution in [2.45, 2.75) is 12.8 Å². The summed E-state index contributed by atoms with van der Waals surface area (Å²) in [7, 11) is 0. The van der Waals surface area contributed by atoms with Crippen molar-refractivity contribution >= 4 is 12.4 Å². The van der Waals surface area contributed by atoms with Crippen molar-refractivity contribution < 1.29 is 0 Å². The first-order valence-electron chi connectivity index (χ1n) is 8.13. The normalized spacial score (nSPS) is 11.6. The number of aromatic nitrogens is 2. The van der Waals surface area contributed by atoms with Crippen LogP contribution in [0.3, 0.4) is 0 Å². The molecule has 4 N–H and O–H groups in total. The van der Waals surface area contributed by atoms with E-state index >= 15 is 0 Å². The topological polar surface area (TPSA) is 103 Å². The molecular weight excluding hydrogens is 300 g/mol. The van der Waals surface area contributed by atoms with Crippen molar-refractivity contribution in [2.75, 3.05) is 26.2 Å². The molecule has 0 aliphatic rings. The van der Waals surface area contributed by atoms with Gasteiger partial charge < -0.3 is 11.5 Å². The Labute approximate surface area is 142 Å². The Bertz CT molecular complexity index is 621. The number of rotatable bonds is 9. The monoisotopic (exact) mass is 324 g/mol. The van der Waals surface area contributed by atoms with Gasteiger partial charge in [0.1, 0.15) is 0 Å². The lowest BCUT2D eigenvalue weighted by molar-refractivity contribution is 0.876. The predicted molar refractivity (Wildman–Crippen MR) is 98.9 cm³/mol. The van der Waals surface area contributed by atoms with Crippen molar-refractivity contribution in [1.29, 1.82) is 0 Å². The van der Waals surface area contributed by atoms with Gasteiger partial charge in [0.15, 0.2) is 0 Å². The summed E-state index contributed by atoms with van der Waals surface area (Å²) in [5.41, 5.74) is 14.6. The largest absolute Gasteiger partial charge is 0.329 e. The molecule has 0 aromatic carbocycles. The molecule has 0 fully saturated rings. The van der Waals surface area contributed by atoms with Crippen LogP contribution >= 0.6 is 0 Å². The average molecular weight is 324 g/mol. The van der Waals surface area contributed by atoms with E-state index in [4.69, 9.17) is 11.5 Å². The first kappa shape index (κ1) is 17.9. The number of nitrogens with zero attached hydrogens (tertiary/aromatic N) is 4. The van der Waals surface area contributed by atoms with Gasteiger partial charge in [0, 0.05) is 36.9 Å². The highest BCUT2D eigenvalue weighted by atomic mass is 14.8. The average Bonchev–Trinajstić information content (AvgIpc) is 2.61. The maximum atomic E-state index is 5.43. The van der Waals surface area contributed by atoms with Gasteiger partial charge in [-0.15, -0.1) is 0 Å². The minimum absolute atomic E-state index is 0.548. The molecule has 0 spiro atoms. The third-order valence-corrected chi connectivity index (χ3v) is 3.26. The van der Waals surface area contributed by atoms with Gasteiger partial charge in [-0.05, 0) is 37.1 Å². The van der Waals surface area contributed by atoms with Gasteiger partial charge in [0.05, 0.1) is 24.5 Å². The zero-order chi connectivity index (χ0) is 17.0. The number of pyridine rings is 2. The molecule has 0 saturated heterocycles. The van der Waals surface area contributed by atoms with Crippen LogP contribution in [0.15, 0.2) is 46.4 Å². The summed E-state index contributed by atoms with van der Waals surface area (Å²) in [5, 5.41) is 0. The van der Waals surface area contributed by atoms with Gasteiger partial charge in [-0.25, -0.2) is 0 Å². The molecule has 0 atom stereocenters. The summed E-state index contributed by atoms with van der Waals surface area (Å²) in [4.78, 5) is 17.6. The van der Waals surface area contributed by atoms with Crippen LogP contribution in [0.1, 0.15) is 22.8 Å². The molecule has 2 aromatic rings. The SMILES string of the molecule is NCCN=Cc1cccc(CCc2cccc(C=NCCN)n2)n1. The summed E-state index contributed by atoms with van der Waals surface area (Å²) >= 11 is 0. The number of aliphatic imine (C=N–C) groups is 2. The van der Waals surface area contributed by atoms with Crippen LogP contribution in [0.5, 0.6) is 0 Å². The lowest BCUT2D eigenvalue weighted by Crippen LogP contribution is -2.04. The highest BCUT2D eigenvalue weighted by Gasteiger charge is 2.00. The van der Waals surface area contributed by atoms with E-state index < -0.39 is 0 Å². The smallest absolute Gasteiger partial charge is 0.0811 e. The molecule has 6 nitrogen and oxygen atoms in total. The molecule has 0 aliphatic carbocycles. The first-order valence-corrected chi connectivity index (χ1v) is 8.13. The zero-order valence-electron chi connectivity index (χ0n) is 13.8. The van der Waals surface area contributed by atoms with Crippen LogP contribution in [-0.2, 0) is 12.8 Å². The quantitative estimate of drug-likeness (QED) is 0.672. The Hall–Kier alpha value is -2.44. The standard InChI is InChI=1S/C18H24N6/c19-9-11-21-13-17-5-1-3-15(23-17)7-8-16-4-2-6-18(24-16)14-22-12-10-20/h1-6,13-14H,7-12,19-20H2. The molecule has 24 heavy (non-hydrogen) atoms. The van der Waals surface area contributed by atoms with Gasteiger partial charge in [-0.1, -0.05) is 12.1 Å². The van der Waals surface area contributed by atoms with Crippen molar-refractivity contribution in [3.05, 3.63) is 59.2 Å². The third kappa shape index (κ3) is 6.36. The summed E-state index contributed by atoms with van der Waals surface area (Å²) in [6.07, 6.45) is 5.19. The summed E-state index contributed by atoms with van der Waals surface area (Å²) < 4.78 is 0. The lowest BCUT2D eigenvalue weighted by atomic mass is 10.1. The molecule has 126 valence electrons. The fourth-order valence-electron chi connectivity index (χ4n) is 2.14. The molecule has 0 unspecified atom stereocenters. The molecule has 6 heteroatoms. The van der Waals surface area contributed by atoms with Crippen molar-refractivity contribution in [2.24, 2.45) is 21.5 Å². The van der Waals surface area contributed by atoms with E-state index in [1.54, 1.807) is 12.4 Å². The van der Waals surface area contributed by atoms with Crippen LogP contribution < -0.4 is 11.5 Å². The fraction of sp³-hybridized carbons (Fsp3) is 0.333. The maximum Gasteiger partial charge on any atom is 0.0811 e. The van der Waals surface area contributed by atoms with E-state index in [0.29, 0.717) is 26.2 Å². The Morgan fingerprint density at radius 1 is 0.750 bits per heavy atom. The second-order valence-electron chi connectivity index (χ2n) is 5.26. The molecular formula is C18H24N6. The van der Waals surface area contributed by atoms with Gasteiger partial charge in [-0.2, -0.15) is 0 Å². The second kappa shape index (κ2) is 10.4. The highest BCUT2D eigenvalue weighted by molar-refractivity contribution is 5.77. The fourth-order valence-corrected chi connectivity index (χ4v) is 2.14. The minimum Gasteiger partial charge on any atom is -0.329 e. The molecule has 2 heterocycles. The minimum atomic E-state index is 0.548. The van der Waals surface area contributed by atoms with E-state index in [1.165, 1.54) is 0 Å². The summed E-state index contributed by atoms with van der Waals surface area (Å²) in [6, 6.07) is 11.9. The molecule has 0 saturated carbocycles. The van der Waals surface area contributed by atoms with E-state index in [9.17, 15) is 0 Å².